The summed E-state index contributed by atoms with van der Waals surface area (Å²) in [7, 11) is 0. The average Bonchev–Trinajstić information content (AvgIpc) is 2.28. The third-order valence-electron chi connectivity index (χ3n) is 2.63. The SMILES string of the molecule is CC(C)(C)[C@H](NC(=O)Nc1c(F)cc(F)cc1Cl)C(=O)O. The molecule has 0 saturated carbocycles. The van der Waals surface area contributed by atoms with Crippen molar-refractivity contribution >= 4 is 29.3 Å². The number of anilines is 1. The van der Waals surface area contributed by atoms with Crippen LogP contribution in [0.4, 0.5) is 19.3 Å². The number of hydrogen-bond donors (Lipinski definition) is 3. The average molecular weight is 321 g/mol. The number of benzene rings is 1. The van der Waals surface area contributed by atoms with Gasteiger partial charge in [0.25, 0.3) is 0 Å². The molecule has 21 heavy (non-hydrogen) atoms. The molecule has 0 aliphatic carbocycles. The van der Waals surface area contributed by atoms with E-state index in [2.05, 4.69) is 10.6 Å². The van der Waals surface area contributed by atoms with Crippen LogP contribution in [0.1, 0.15) is 20.8 Å². The molecule has 0 fully saturated rings. The number of urea groups is 1. The molecule has 2 amide bonds. The predicted octanol–water partition coefficient (Wildman–Crippen LogP) is 3.24. The first-order valence-electron chi connectivity index (χ1n) is 5.97. The zero-order valence-electron chi connectivity index (χ0n) is 11.6. The van der Waals surface area contributed by atoms with E-state index in [0.717, 1.165) is 6.07 Å². The van der Waals surface area contributed by atoms with Crippen LogP contribution < -0.4 is 10.6 Å². The lowest BCUT2D eigenvalue weighted by atomic mass is 9.87. The summed E-state index contributed by atoms with van der Waals surface area (Å²) in [4.78, 5) is 22.9. The van der Waals surface area contributed by atoms with Crippen LogP contribution in [-0.2, 0) is 4.79 Å². The van der Waals surface area contributed by atoms with Crippen molar-refractivity contribution in [2.24, 2.45) is 5.41 Å². The number of aliphatic carboxylic acids is 1. The molecule has 5 nitrogen and oxygen atoms in total. The predicted molar refractivity (Wildman–Crippen MR) is 74.4 cm³/mol. The zero-order valence-corrected chi connectivity index (χ0v) is 12.4. The van der Waals surface area contributed by atoms with Gasteiger partial charge in [0.2, 0.25) is 0 Å². The highest BCUT2D eigenvalue weighted by atomic mass is 35.5. The molecule has 0 radical (unpaired) electrons. The molecule has 0 unspecified atom stereocenters. The van der Waals surface area contributed by atoms with Crippen molar-refractivity contribution in [3.05, 3.63) is 28.8 Å². The molecule has 116 valence electrons. The van der Waals surface area contributed by atoms with Crippen LogP contribution in [0.5, 0.6) is 0 Å². The summed E-state index contributed by atoms with van der Waals surface area (Å²) in [6.07, 6.45) is 0. The summed E-state index contributed by atoms with van der Waals surface area (Å²) >= 11 is 5.63. The Hall–Kier alpha value is -1.89. The van der Waals surface area contributed by atoms with E-state index in [1.807, 2.05) is 0 Å². The Morgan fingerprint density at radius 1 is 1.29 bits per heavy atom. The van der Waals surface area contributed by atoms with E-state index in [9.17, 15) is 18.4 Å². The second-order valence-corrected chi connectivity index (χ2v) is 5.89. The minimum Gasteiger partial charge on any atom is -0.480 e. The third-order valence-corrected chi connectivity index (χ3v) is 2.93. The number of hydrogen-bond acceptors (Lipinski definition) is 2. The van der Waals surface area contributed by atoms with Crippen LogP contribution in [-0.4, -0.2) is 23.1 Å². The van der Waals surface area contributed by atoms with Gasteiger partial charge in [-0.3, -0.25) is 0 Å². The van der Waals surface area contributed by atoms with E-state index in [4.69, 9.17) is 16.7 Å². The fraction of sp³-hybridized carbons (Fsp3) is 0.385. The molecule has 1 rings (SSSR count). The Morgan fingerprint density at radius 2 is 1.86 bits per heavy atom. The lowest BCUT2D eigenvalue weighted by Crippen LogP contribution is -2.50. The first kappa shape index (κ1) is 17.2. The van der Waals surface area contributed by atoms with E-state index >= 15 is 0 Å². The van der Waals surface area contributed by atoms with Gasteiger partial charge in [-0.2, -0.15) is 0 Å². The van der Waals surface area contributed by atoms with Crippen LogP contribution in [0.2, 0.25) is 5.02 Å². The fourth-order valence-electron chi connectivity index (χ4n) is 1.59. The molecule has 3 N–H and O–H groups in total. The van der Waals surface area contributed by atoms with Crippen molar-refractivity contribution in [1.29, 1.82) is 0 Å². The number of amides is 2. The molecule has 1 aromatic rings. The maximum Gasteiger partial charge on any atom is 0.326 e. The van der Waals surface area contributed by atoms with E-state index in [1.165, 1.54) is 0 Å². The van der Waals surface area contributed by atoms with Gasteiger partial charge < -0.3 is 15.7 Å². The Morgan fingerprint density at radius 3 is 2.29 bits per heavy atom. The molecule has 0 aliphatic rings. The quantitative estimate of drug-likeness (QED) is 0.800. The summed E-state index contributed by atoms with van der Waals surface area (Å²) in [5.41, 5.74) is -1.18. The first-order chi connectivity index (χ1) is 9.52. The van der Waals surface area contributed by atoms with Crippen molar-refractivity contribution in [2.75, 3.05) is 5.32 Å². The van der Waals surface area contributed by atoms with Gasteiger partial charge in [-0.05, 0) is 11.5 Å². The molecular weight excluding hydrogens is 306 g/mol. The van der Waals surface area contributed by atoms with Gasteiger partial charge in [-0.25, -0.2) is 18.4 Å². The number of carboxylic acids is 1. The summed E-state index contributed by atoms with van der Waals surface area (Å²) in [5.74, 6) is -3.18. The lowest BCUT2D eigenvalue weighted by Gasteiger charge is -2.27. The Balaban J connectivity index is 2.90. The Bertz CT molecular complexity index is 550. The molecule has 0 spiro atoms. The highest BCUT2D eigenvalue weighted by Crippen LogP contribution is 2.26. The largest absolute Gasteiger partial charge is 0.480 e. The minimum absolute atomic E-state index is 0.328. The van der Waals surface area contributed by atoms with Gasteiger partial charge in [0.15, 0.2) is 5.82 Å². The number of rotatable bonds is 3. The van der Waals surface area contributed by atoms with Gasteiger partial charge in [-0.1, -0.05) is 32.4 Å². The normalized spacial score (nSPS) is 12.7. The molecule has 1 atom stereocenters. The van der Waals surface area contributed by atoms with Gasteiger partial charge in [0.1, 0.15) is 11.9 Å². The van der Waals surface area contributed by atoms with Gasteiger partial charge in [-0.15, -0.1) is 0 Å². The number of halogens is 3. The molecule has 0 heterocycles. The molecule has 0 aliphatic heterocycles. The first-order valence-corrected chi connectivity index (χ1v) is 6.35. The van der Waals surface area contributed by atoms with E-state index in [1.54, 1.807) is 20.8 Å². The van der Waals surface area contributed by atoms with Crippen LogP contribution in [0, 0.1) is 17.0 Å². The van der Waals surface area contributed by atoms with Crippen molar-refractivity contribution in [3.63, 3.8) is 0 Å². The van der Waals surface area contributed by atoms with E-state index in [0.29, 0.717) is 6.07 Å². The molecule has 0 bridgehead atoms. The standard InChI is InChI=1S/C13H15ClF2N2O3/c1-13(2,3)10(11(19)20)18-12(21)17-9-7(14)4-6(15)5-8(9)16/h4-5,10H,1-3H3,(H,19,20)(H2,17,18,21)/t10-/m1/s1. The van der Waals surface area contributed by atoms with Crippen molar-refractivity contribution in [1.82, 2.24) is 5.32 Å². The molecule has 0 aromatic heterocycles. The van der Waals surface area contributed by atoms with Crippen molar-refractivity contribution in [3.8, 4) is 0 Å². The van der Waals surface area contributed by atoms with Gasteiger partial charge in [0.05, 0.1) is 10.7 Å². The second kappa shape index (κ2) is 6.26. The number of carbonyl (C=O) groups excluding carboxylic acids is 1. The number of nitrogens with one attached hydrogen (secondary N) is 2. The van der Waals surface area contributed by atoms with Crippen LogP contribution in [0.25, 0.3) is 0 Å². The summed E-state index contributed by atoms with van der Waals surface area (Å²) < 4.78 is 26.4. The molecule has 8 heteroatoms. The third kappa shape index (κ3) is 4.56. The summed E-state index contributed by atoms with van der Waals surface area (Å²) in [6, 6.07) is -0.761. The minimum atomic E-state index is -1.23. The Labute approximate surface area is 125 Å². The second-order valence-electron chi connectivity index (χ2n) is 5.48. The van der Waals surface area contributed by atoms with E-state index < -0.39 is 40.8 Å². The smallest absolute Gasteiger partial charge is 0.326 e. The van der Waals surface area contributed by atoms with E-state index in [-0.39, 0.29) is 5.02 Å². The monoisotopic (exact) mass is 320 g/mol. The fourth-order valence-corrected chi connectivity index (χ4v) is 1.83. The van der Waals surface area contributed by atoms with Crippen LogP contribution in [0.15, 0.2) is 12.1 Å². The maximum atomic E-state index is 13.5. The number of carboxylic acid groups (broad SMARTS) is 1. The van der Waals surface area contributed by atoms with Gasteiger partial charge in [0, 0.05) is 6.07 Å². The van der Waals surface area contributed by atoms with Crippen molar-refractivity contribution < 1.29 is 23.5 Å². The maximum absolute atomic E-state index is 13.5. The highest BCUT2D eigenvalue weighted by Gasteiger charge is 2.32. The highest BCUT2D eigenvalue weighted by molar-refractivity contribution is 6.33. The molecule has 0 saturated heterocycles. The van der Waals surface area contributed by atoms with Crippen LogP contribution >= 0.6 is 11.6 Å². The summed E-state index contributed by atoms with van der Waals surface area (Å²) in [6.45, 7) is 4.87. The van der Waals surface area contributed by atoms with Crippen LogP contribution in [0.3, 0.4) is 0 Å². The molecule has 1 aromatic carbocycles. The molecular formula is C13H15ClF2N2O3. The van der Waals surface area contributed by atoms with Gasteiger partial charge >= 0.3 is 12.0 Å². The Kier molecular flexibility index (Phi) is 5.11. The number of carbonyl (C=O) groups is 2. The van der Waals surface area contributed by atoms with Crippen molar-refractivity contribution in [2.45, 2.75) is 26.8 Å². The lowest BCUT2D eigenvalue weighted by molar-refractivity contribution is -0.141. The summed E-state index contributed by atoms with van der Waals surface area (Å²) in [5, 5.41) is 13.0. The topological polar surface area (TPSA) is 78.4 Å². The zero-order chi connectivity index (χ0) is 16.4.